The van der Waals surface area contributed by atoms with Crippen LogP contribution in [-0.2, 0) is 14.8 Å². The predicted octanol–water partition coefficient (Wildman–Crippen LogP) is 2.64. The minimum atomic E-state index is -3.26. The van der Waals surface area contributed by atoms with E-state index >= 15 is 0 Å². The fourth-order valence-corrected chi connectivity index (χ4v) is 3.93. The summed E-state index contributed by atoms with van der Waals surface area (Å²) in [6.45, 7) is 0.753. The third kappa shape index (κ3) is 5.05. The number of benzene rings is 1. The lowest BCUT2D eigenvalue weighted by Gasteiger charge is -2.31. The van der Waals surface area contributed by atoms with Crippen molar-refractivity contribution in [2.75, 3.05) is 19.3 Å². The maximum atomic E-state index is 13.8. The maximum absolute atomic E-state index is 13.8. The van der Waals surface area contributed by atoms with Crippen LogP contribution in [0.2, 0.25) is 0 Å². The molecule has 8 heteroatoms. The molecule has 1 fully saturated rings. The Labute approximate surface area is 157 Å². The molecule has 1 aromatic heterocycles. The van der Waals surface area contributed by atoms with Gasteiger partial charge >= 0.3 is 0 Å². The minimum Gasteiger partial charge on any atom is -0.457 e. The summed E-state index contributed by atoms with van der Waals surface area (Å²) in [5.41, 5.74) is 0.352. The van der Waals surface area contributed by atoms with Crippen molar-refractivity contribution < 1.29 is 22.0 Å². The van der Waals surface area contributed by atoms with Crippen LogP contribution in [0.25, 0.3) is 17.4 Å². The standard InChI is InChI=1S/C19H21FN2O4S/c1-27(24,25)22-12-4-5-14(13-22)21-19(23)11-9-15-8-10-18(26-15)16-6-2-3-7-17(16)20/h2-3,6-11,14H,4-5,12-13H2,1H3,(H,21,23)/b11-9+. The lowest BCUT2D eigenvalue weighted by Crippen LogP contribution is -2.48. The van der Waals surface area contributed by atoms with Crippen LogP contribution in [0.3, 0.4) is 0 Å². The van der Waals surface area contributed by atoms with Crippen molar-refractivity contribution in [2.24, 2.45) is 0 Å². The van der Waals surface area contributed by atoms with Crippen molar-refractivity contribution >= 4 is 22.0 Å². The third-order valence-electron chi connectivity index (χ3n) is 4.36. The molecule has 1 aromatic carbocycles. The summed E-state index contributed by atoms with van der Waals surface area (Å²) in [5, 5.41) is 2.81. The molecular formula is C19H21FN2O4S. The highest BCUT2D eigenvalue weighted by Gasteiger charge is 2.26. The van der Waals surface area contributed by atoms with Crippen molar-refractivity contribution in [1.29, 1.82) is 0 Å². The SMILES string of the molecule is CS(=O)(=O)N1CCCC(NC(=O)/C=C/c2ccc(-c3ccccc3F)o2)C1. The molecule has 0 aliphatic carbocycles. The molecule has 2 heterocycles. The number of furan rings is 1. The quantitative estimate of drug-likeness (QED) is 0.794. The Morgan fingerprint density at radius 3 is 2.81 bits per heavy atom. The molecule has 0 spiro atoms. The van der Waals surface area contributed by atoms with Crippen LogP contribution in [0, 0.1) is 5.82 Å². The van der Waals surface area contributed by atoms with E-state index in [2.05, 4.69) is 5.32 Å². The van der Waals surface area contributed by atoms with Gasteiger partial charge in [-0.25, -0.2) is 17.1 Å². The van der Waals surface area contributed by atoms with Gasteiger partial charge in [-0.3, -0.25) is 4.79 Å². The summed E-state index contributed by atoms with van der Waals surface area (Å²) in [6, 6.07) is 9.35. The molecule has 1 amide bonds. The van der Waals surface area contributed by atoms with Gasteiger partial charge in [0, 0.05) is 25.2 Å². The zero-order chi connectivity index (χ0) is 19.4. The Hall–Kier alpha value is -2.45. The van der Waals surface area contributed by atoms with E-state index in [1.165, 1.54) is 28.8 Å². The van der Waals surface area contributed by atoms with Crippen LogP contribution >= 0.6 is 0 Å². The Bertz CT molecular complexity index is 952. The van der Waals surface area contributed by atoms with E-state index in [1.54, 1.807) is 30.3 Å². The highest BCUT2D eigenvalue weighted by molar-refractivity contribution is 7.88. The second kappa shape index (κ2) is 8.06. The number of carbonyl (C=O) groups excluding carboxylic acids is 1. The first-order valence-corrected chi connectivity index (χ1v) is 10.5. The Kier molecular flexibility index (Phi) is 5.76. The first kappa shape index (κ1) is 19.3. The summed E-state index contributed by atoms with van der Waals surface area (Å²) in [4.78, 5) is 12.1. The van der Waals surface area contributed by atoms with Crippen LogP contribution in [0.1, 0.15) is 18.6 Å². The zero-order valence-electron chi connectivity index (χ0n) is 14.9. The van der Waals surface area contributed by atoms with E-state index in [1.807, 2.05) is 0 Å². The first-order chi connectivity index (χ1) is 12.8. The number of rotatable bonds is 5. The van der Waals surface area contributed by atoms with Gasteiger partial charge in [0.2, 0.25) is 15.9 Å². The first-order valence-electron chi connectivity index (χ1n) is 8.61. The van der Waals surface area contributed by atoms with Crippen molar-refractivity contribution in [1.82, 2.24) is 9.62 Å². The van der Waals surface area contributed by atoms with Crippen LogP contribution < -0.4 is 5.32 Å². The van der Waals surface area contributed by atoms with Crippen LogP contribution in [0.5, 0.6) is 0 Å². The monoisotopic (exact) mass is 392 g/mol. The lowest BCUT2D eigenvalue weighted by atomic mass is 10.1. The van der Waals surface area contributed by atoms with Crippen molar-refractivity contribution in [3.8, 4) is 11.3 Å². The highest BCUT2D eigenvalue weighted by Crippen LogP contribution is 2.25. The molecule has 6 nitrogen and oxygen atoms in total. The largest absolute Gasteiger partial charge is 0.457 e. The van der Waals surface area contributed by atoms with Gasteiger partial charge in [0.05, 0.1) is 11.8 Å². The average Bonchev–Trinajstić information content (AvgIpc) is 3.09. The number of carbonyl (C=O) groups is 1. The van der Waals surface area contributed by atoms with Gasteiger partial charge in [-0.1, -0.05) is 12.1 Å². The van der Waals surface area contributed by atoms with Crippen molar-refractivity contribution in [3.63, 3.8) is 0 Å². The summed E-state index contributed by atoms with van der Waals surface area (Å²) in [5.74, 6) is 0.0843. The topological polar surface area (TPSA) is 79.6 Å². The molecule has 144 valence electrons. The van der Waals surface area contributed by atoms with E-state index < -0.39 is 10.0 Å². The fourth-order valence-electron chi connectivity index (χ4n) is 3.02. The number of halogens is 1. The summed E-state index contributed by atoms with van der Waals surface area (Å²) >= 11 is 0. The summed E-state index contributed by atoms with van der Waals surface area (Å²) in [7, 11) is -3.26. The van der Waals surface area contributed by atoms with Crippen LogP contribution in [0.15, 0.2) is 46.9 Å². The van der Waals surface area contributed by atoms with Gasteiger partial charge in [0.1, 0.15) is 17.3 Å². The minimum absolute atomic E-state index is 0.226. The molecule has 1 atom stereocenters. The Morgan fingerprint density at radius 2 is 2.07 bits per heavy atom. The van der Waals surface area contributed by atoms with Crippen LogP contribution in [0.4, 0.5) is 4.39 Å². The molecule has 1 aliphatic rings. The fraction of sp³-hybridized carbons (Fsp3) is 0.316. The molecule has 0 radical (unpaired) electrons. The number of nitrogens with zero attached hydrogens (tertiary/aromatic N) is 1. The van der Waals surface area contributed by atoms with Gasteiger partial charge in [-0.05, 0) is 43.2 Å². The lowest BCUT2D eigenvalue weighted by molar-refractivity contribution is -0.117. The smallest absolute Gasteiger partial charge is 0.244 e. The van der Waals surface area contributed by atoms with Crippen molar-refractivity contribution in [2.45, 2.75) is 18.9 Å². The number of piperidine rings is 1. The number of nitrogens with one attached hydrogen (secondary N) is 1. The summed E-state index contributed by atoms with van der Waals surface area (Å²) < 4.78 is 44.0. The predicted molar refractivity (Wildman–Crippen MR) is 101 cm³/mol. The molecule has 1 unspecified atom stereocenters. The Morgan fingerprint density at radius 1 is 1.30 bits per heavy atom. The van der Waals surface area contributed by atoms with Crippen molar-refractivity contribution in [3.05, 3.63) is 54.1 Å². The molecule has 0 bridgehead atoms. The highest BCUT2D eigenvalue weighted by atomic mass is 32.2. The van der Waals surface area contributed by atoms with Gasteiger partial charge < -0.3 is 9.73 Å². The van der Waals surface area contributed by atoms with E-state index in [0.29, 0.717) is 30.0 Å². The number of hydrogen-bond donors (Lipinski definition) is 1. The molecule has 3 rings (SSSR count). The second-order valence-electron chi connectivity index (χ2n) is 6.48. The molecule has 0 saturated carbocycles. The van der Waals surface area contributed by atoms with E-state index in [-0.39, 0.29) is 24.3 Å². The number of sulfonamides is 1. The zero-order valence-corrected chi connectivity index (χ0v) is 15.7. The van der Waals surface area contributed by atoms with Crippen LogP contribution in [-0.4, -0.2) is 44.0 Å². The van der Waals surface area contributed by atoms with Gasteiger partial charge in [-0.2, -0.15) is 0 Å². The average molecular weight is 392 g/mol. The normalized spacial score (nSPS) is 18.7. The number of hydrogen-bond acceptors (Lipinski definition) is 4. The van der Waals surface area contributed by atoms with E-state index in [4.69, 9.17) is 4.42 Å². The number of amides is 1. The second-order valence-corrected chi connectivity index (χ2v) is 8.47. The molecular weight excluding hydrogens is 371 g/mol. The van der Waals surface area contributed by atoms with E-state index in [0.717, 1.165) is 6.42 Å². The molecule has 27 heavy (non-hydrogen) atoms. The third-order valence-corrected chi connectivity index (χ3v) is 5.63. The van der Waals surface area contributed by atoms with Gasteiger partial charge in [0.25, 0.3) is 0 Å². The molecule has 1 N–H and O–H groups in total. The summed E-state index contributed by atoms with van der Waals surface area (Å²) in [6.07, 6.45) is 5.41. The van der Waals surface area contributed by atoms with E-state index in [9.17, 15) is 17.6 Å². The van der Waals surface area contributed by atoms with Gasteiger partial charge in [0.15, 0.2) is 0 Å². The molecule has 1 saturated heterocycles. The molecule has 1 aliphatic heterocycles. The van der Waals surface area contributed by atoms with Gasteiger partial charge in [-0.15, -0.1) is 0 Å². The molecule has 2 aromatic rings. The maximum Gasteiger partial charge on any atom is 0.244 e. The Balaban J connectivity index is 1.60.